The van der Waals surface area contributed by atoms with Gasteiger partial charge >= 0.3 is 0 Å². The third kappa shape index (κ3) is 3.35. The van der Waals surface area contributed by atoms with Crippen LogP contribution in [0.15, 0.2) is 44.4 Å². The number of sulfonamides is 1. The molecule has 7 nitrogen and oxygen atoms in total. The molecule has 132 valence electrons. The summed E-state index contributed by atoms with van der Waals surface area (Å²) >= 11 is 6.01. The lowest BCUT2D eigenvalue weighted by atomic mass is 10.2. The fraction of sp³-hybridized carbons (Fsp3) is 0.188. The number of methoxy groups -OCH3 is 1. The zero-order valence-electron chi connectivity index (χ0n) is 13.7. The largest absolute Gasteiger partial charge is 0.495 e. The molecule has 1 aromatic carbocycles. The highest BCUT2D eigenvalue weighted by atomic mass is 35.5. The molecule has 0 aliphatic rings. The molecule has 9 heteroatoms. The maximum absolute atomic E-state index is 12.5. The van der Waals surface area contributed by atoms with Crippen molar-refractivity contribution < 1.29 is 22.1 Å². The molecule has 0 saturated carbocycles. The van der Waals surface area contributed by atoms with Gasteiger partial charge in [-0.2, -0.15) is 8.42 Å². The standard InChI is InChI=1S/C16H15ClN2O5S/c1-9-10(2)18-24-16(9)14-6-7-15(23-14)25(20,21)19-11-4-5-13(22-3)12(17)8-11/h4-8,19H,1-3H3. The van der Waals surface area contributed by atoms with Gasteiger partial charge in [0.2, 0.25) is 10.9 Å². The number of hydrogen-bond acceptors (Lipinski definition) is 6. The number of anilines is 1. The van der Waals surface area contributed by atoms with Crippen LogP contribution in [-0.4, -0.2) is 20.7 Å². The maximum atomic E-state index is 12.5. The molecule has 3 rings (SSSR count). The smallest absolute Gasteiger partial charge is 0.295 e. The number of nitrogens with zero attached hydrogens (tertiary/aromatic N) is 1. The van der Waals surface area contributed by atoms with Crippen LogP contribution in [0.5, 0.6) is 5.75 Å². The first-order valence-electron chi connectivity index (χ1n) is 7.21. The molecule has 3 aromatic rings. The molecule has 0 spiro atoms. The SMILES string of the molecule is COc1ccc(NS(=O)(=O)c2ccc(-c3onc(C)c3C)o2)cc1Cl. The van der Waals surface area contributed by atoms with Crippen LogP contribution >= 0.6 is 11.6 Å². The lowest BCUT2D eigenvalue weighted by Crippen LogP contribution is -2.12. The van der Waals surface area contributed by atoms with E-state index >= 15 is 0 Å². The first-order chi connectivity index (χ1) is 11.8. The fourth-order valence-corrected chi connectivity index (χ4v) is 3.41. The Bertz CT molecular complexity index is 1020. The van der Waals surface area contributed by atoms with Crippen LogP contribution in [0.1, 0.15) is 11.3 Å². The zero-order chi connectivity index (χ0) is 18.2. The van der Waals surface area contributed by atoms with Crippen LogP contribution in [0.4, 0.5) is 5.69 Å². The van der Waals surface area contributed by atoms with Gasteiger partial charge in [0.25, 0.3) is 10.0 Å². The third-order valence-corrected chi connectivity index (χ3v) is 5.18. The first-order valence-corrected chi connectivity index (χ1v) is 9.07. The molecule has 0 radical (unpaired) electrons. The van der Waals surface area contributed by atoms with E-state index in [1.807, 2.05) is 6.92 Å². The summed E-state index contributed by atoms with van der Waals surface area (Å²) in [4.78, 5) is 0. The van der Waals surface area contributed by atoms with Gasteiger partial charge in [-0.05, 0) is 44.2 Å². The fourth-order valence-electron chi connectivity index (χ4n) is 2.17. The molecule has 2 heterocycles. The monoisotopic (exact) mass is 382 g/mol. The van der Waals surface area contributed by atoms with Crippen molar-refractivity contribution in [2.45, 2.75) is 18.9 Å². The summed E-state index contributed by atoms with van der Waals surface area (Å²) in [7, 11) is -2.45. The molecule has 0 amide bonds. The minimum atomic E-state index is -3.92. The first kappa shape index (κ1) is 17.4. The topological polar surface area (TPSA) is 94.6 Å². The number of halogens is 1. The van der Waals surface area contributed by atoms with Crippen LogP contribution < -0.4 is 9.46 Å². The highest BCUT2D eigenvalue weighted by Gasteiger charge is 2.22. The van der Waals surface area contributed by atoms with Gasteiger partial charge in [0.15, 0.2) is 5.76 Å². The Kier molecular flexibility index (Phi) is 4.49. The number of furan rings is 1. The van der Waals surface area contributed by atoms with Crippen LogP contribution in [0.25, 0.3) is 11.5 Å². The molecule has 25 heavy (non-hydrogen) atoms. The van der Waals surface area contributed by atoms with Crippen molar-refractivity contribution >= 4 is 27.3 Å². The van der Waals surface area contributed by atoms with E-state index in [9.17, 15) is 8.42 Å². The zero-order valence-corrected chi connectivity index (χ0v) is 15.2. The minimum absolute atomic E-state index is 0.247. The van der Waals surface area contributed by atoms with E-state index < -0.39 is 10.0 Å². The number of ether oxygens (including phenoxy) is 1. The van der Waals surface area contributed by atoms with Gasteiger partial charge in [0.05, 0.1) is 23.5 Å². The van der Waals surface area contributed by atoms with Crippen LogP contribution in [0, 0.1) is 13.8 Å². The van der Waals surface area contributed by atoms with Crippen molar-refractivity contribution in [2.24, 2.45) is 0 Å². The van der Waals surface area contributed by atoms with Gasteiger partial charge in [-0.25, -0.2) is 0 Å². The molecule has 0 saturated heterocycles. The quantitative estimate of drug-likeness (QED) is 0.716. The average Bonchev–Trinajstić information content (AvgIpc) is 3.16. The van der Waals surface area contributed by atoms with Crippen molar-refractivity contribution in [1.82, 2.24) is 5.16 Å². The van der Waals surface area contributed by atoms with Crippen LogP contribution in [0.3, 0.4) is 0 Å². The third-order valence-electron chi connectivity index (χ3n) is 3.63. The second-order valence-corrected chi connectivity index (χ2v) is 7.32. The lowest BCUT2D eigenvalue weighted by molar-refractivity contribution is 0.398. The van der Waals surface area contributed by atoms with Gasteiger partial charge in [0, 0.05) is 5.56 Å². The number of aryl methyl sites for hydroxylation is 1. The molecular weight excluding hydrogens is 368 g/mol. The summed E-state index contributed by atoms with van der Waals surface area (Å²) in [5.41, 5.74) is 1.78. The summed E-state index contributed by atoms with van der Waals surface area (Å²) in [6.45, 7) is 3.60. The molecule has 2 aromatic heterocycles. The van der Waals surface area contributed by atoms with Gasteiger partial charge in [-0.1, -0.05) is 16.8 Å². The molecule has 1 N–H and O–H groups in total. The van der Waals surface area contributed by atoms with Gasteiger partial charge in [-0.3, -0.25) is 4.72 Å². The van der Waals surface area contributed by atoms with Gasteiger partial charge in [0.1, 0.15) is 5.75 Å². The van der Waals surface area contributed by atoms with E-state index in [1.54, 1.807) is 13.0 Å². The predicted molar refractivity (Wildman–Crippen MR) is 92.5 cm³/mol. The Hall–Kier alpha value is -2.45. The number of benzene rings is 1. The summed E-state index contributed by atoms with van der Waals surface area (Å²) in [5.74, 6) is 1.12. The number of rotatable bonds is 5. The number of aromatic nitrogens is 1. The lowest BCUT2D eigenvalue weighted by Gasteiger charge is -2.08. The van der Waals surface area contributed by atoms with Gasteiger partial charge in [-0.15, -0.1) is 0 Å². The second-order valence-electron chi connectivity index (χ2n) is 5.30. The van der Waals surface area contributed by atoms with Crippen molar-refractivity contribution in [3.8, 4) is 17.3 Å². The van der Waals surface area contributed by atoms with Crippen LogP contribution in [-0.2, 0) is 10.0 Å². The maximum Gasteiger partial charge on any atom is 0.295 e. The summed E-state index contributed by atoms with van der Waals surface area (Å²) in [5, 5.41) is 3.87. The van der Waals surface area contributed by atoms with E-state index in [2.05, 4.69) is 9.88 Å². The highest BCUT2D eigenvalue weighted by molar-refractivity contribution is 7.92. The Labute approximate surface area is 149 Å². The summed E-state index contributed by atoms with van der Waals surface area (Å²) in [6, 6.07) is 7.42. The Morgan fingerprint density at radius 1 is 1.20 bits per heavy atom. The van der Waals surface area contributed by atoms with E-state index in [-0.39, 0.29) is 21.6 Å². The molecule has 0 fully saturated rings. The summed E-state index contributed by atoms with van der Waals surface area (Å²) < 4.78 is 43.0. The molecule has 0 bridgehead atoms. The predicted octanol–water partition coefficient (Wildman–Crippen LogP) is 4.01. The normalized spacial score (nSPS) is 11.5. The summed E-state index contributed by atoms with van der Waals surface area (Å²) in [6.07, 6.45) is 0. The molecular formula is C16H15ClN2O5S. The van der Waals surface area contributed by atoms with Crippen molar-refractivity contribution in [3.05, 3.63) is 46.6 Å². The van der Waals surface area contributed by atoms with Gasteiger partial charge < -0.3 is 13.7 Å². The minimum Gasteiger partial charge on any atom is -0.495 e. The van der Waals surface area contributed by atoms with Crippen molar-refractivity contribution in [1.29, 1.82) is 0 Å². The Morgan fingerprint density at radius 3 is 2.56 bits per heavy atom. The molecule has 0 atom stereocenters. The van der Waals surface area contributed by atoms with E-state index in [1.165, 1.54) is 31.4 Å². The van der Waals surface area contributed by atoms with Crippen LogP contribution in [0.2, 0.25) is 5.02 Å². The Morgan fingerprint density at radius 2 is 1.96 bits per heavy atom. The molecule has 0 aliphatic heterocycles. The highest BCUT2D eigenvalue weighted by Crippen LogP contribution is 2.31. The number of nitrogens with one attached hydrogen (secondary N) is 1. The number of hydrogen-bond donors (Lipinski definition) is 1. The molecule has 0 unspecified atom stereocenters. The van der Waals surface area contributed by atoms with E-state index in [0.717, 1.165) is 5.56 Å². The average molecular weight is 383 g/mol. The second kappa shape index (κ2) is 6.45. The van der Waals surface area contributed by atoms with E-state index in [4.69, 9.17) is 25.3 Å². The van der Waals surface area contributed by atoms with Crippen molar-refractivity contribution in [3.63, 3.8) is 0 Å². The Balaban J connectivity index is 1.88. The van der Waals surface area contributed by atoms with Crippen molar-refractivity contribution in [2.75, 3.05) is 11.8 Å². The van der Waals surface area contributed by atoms with E-state index in [0.29, 0.717) is 17.2 Å². The molecule has 0 aliphatic carbocycles.